The number of carbonyl (C=O) groups is 6. The number of amides is 2. The van der Waals surface area contributed by atoms with Crippen LogP contribution in [-0.4, -0.2) is 286 Å². The summed E-state index contributed by atoms with van der Waals surface area (Å²) in [5.74, 6) is -2.35. The van der Waals surface area contributed by atoms with E-state index in [0.29, 0.717) is 31.9 Å². The Kier molecular flexibility index (Phi) is 77.6. The standard InChI is InChI=1S/C16H29NO7S.C13H25NO5.C11H21NO5S.C7H17O6PS.C7H17O4PS.2C7H8O3S.C6H15O3PS.C2H4O2.2H2O2/c1-15(2,3)23-12(18)9-11(10-13(22-7)25(8,20)21)17-14(19)24-16(4,5)6;1-12(2,3)18-10(16)7-9(8-15)14-11(17)19-13(4,5)6;1-11(2,3)17-9(13)6-8(12)7-10(16-4)18(5,14)15;1-5-12-14(8,13-6-2)7(11-3)15(4,9)10;1-5-10-12(8,11-6-2)7(9-3)13-4;2*1-6-2-4-7(5-3-6)11(8,9)10;1-4-8-10(7,6-11-3)9-5-2;1-2(3)4;2*1-2/h10-11H,9H2,1-8H3,(H,17,19);9,15H,7-8H2,1-6H3,(H,14,17);7-8H,6,12H2,1-5H3;7H,5-6H2,1-4H3;7H,5-6H2,1-4H3;2*2-5H,1H3,(H,8,9,10);4-6H2,1-3H3;1H3,(H,3,4);2*1-2H/b13-10+;;10-7+;;;;;;;;/t11-;9-;8-;;;;;;;;/m000......../s1. The summed E-state index contributed by atoms with van der Waals surface area (Å²) in [5, 5.41) is 42.8. The number of quaternary nitrogens is 1. The Morgan fingerprint density at radius 1 is 0.489 bits per heavy atom. The molecule has 2 aromatic rings. The number of carbonyl (C=O) groups excluding carboxylic acids is 5. The quantitative estimate of drug-likeness (QED) is 0.00439. The number of aliphatic carboxylic acids is 1. The van der Waals surface area contributed by atoms with Crippen LogP contribution in [0.5, 0.6) is 0 Å². The Balaban J connectivity index is -0.000000186. The third-order valence-electron chi connectivity index (χ3n) is 12.3. The van der Waals surface area contributed by atoms with Gasteiger partial charge in [0.15, 0.2) is 9.84 Å². The number of hydrogen-bond donors (Lipinski definition) is 10. The number of benzene rings is 2. The average molecular weight is 2090 g/mol. The minimum Gasteiger partial charge on any atom is -0.744 e. The maximum absolute atomic E-state index is 12.0. The second-order valence-corrected chi connectivity index (χ2v) is 48.5. The summed E-state index contributed by atoms with van der Waals surface area (Å²) in [6.45, 7) is 42.4. The van der Waals surface area contributed by atoms with Gasteiger partial charge in [0.25, 0.3) is 21.3 Å². The summed E-state index contributed by atoms with van der Waals surface area (Å²) < 4.78 is 240. The number of esters is 3. The highest BCUT2D eigenvalue weighted by molar-refractivity contribution is 8.04. The van der Waals surface area contributed by atoms with Crippen molar-refractivity contribution >= 4 is 132 Å². The molecule has 2 aromatic carbocycles. The molecule has 0 spiro atoms. The van der Waals surface area contributed by atoms with Crippen LogP contribution in [0.1, 0.15) is 183 Å². The summed E-state index contributed by atoms with van der Waals surface area (Å²) in [5.41, 5.74) is 2.76. The molecule has 55 heteroatoms. The molecule has 0 saturated heterocycles. The monoisotopic (exact) mass is 2090 g/mol. The molecule has 0 saturated carbocycles. The molecule has 12 N–H and O–H groups in total. The molecule has 45 nitrogen and oxygen atoms in total. The number of ether oxygens (including phenoxy) is 9. The van der Waals surface area contributed by atoms with E-state index in [1.165, 1.54) is 75.2 Å². The molecule has 131 heavy (non-hydrogen) atoms. The van der Waals surface area contributed by atoms with Crippen LogP contribution in [0, 0.1) is 13.8 Å². The number of carboxylic acid groups (broad SMARTS) is 1. The van der Waals surface area contributed by atoms with E-state index in [0.717, 1.165) is 50.0 Å². The van der Waals surface area contributed by atoms with Crippen LogP contribution >= 0.6 is 46.3 Å². The number of aliphatic hydroxyl groups is 1. The Morgan fingerprint density at radius 3 is 1.05 bits per heavy atom. The Morgan fingerprint density at radius 2 is 0.794 bits per heavy atom. The summed E-state index contributed by atoms with van der Waals surface area (Å²) >= 11 is 2.80. The van der Waals surface area contributed by atoms with Gasteiger partial charge in [-0.1, -0.05) is 35.4 Å². The van der Waals surface area contributed by atoms with Gasteiger partial charge in [-0.05, 0) is 202 Å². The van der Waals surface area contributed by atoms with Gasteiger partial charge in [0, 0.05) is 46.0 Å². The normalized spacial score (nSPS) is 13.2. The maximum Gasteiger partial charge on any atom is 0.408 e. The SMILES string of the molecule is CC(=O)O.CC(C)(C)OC(=O)C[C@@H](CO)NC(=O)OC(C)(C)C.CCOP(=O)(CSC)OCC.CCOP(=O)(OCC)C(OC)S(C)(=O)=O.CCOP(=O)(OCC)C(OC)SC.CO/C(=C\[C@@H]([NH3+])CC(=O)OC(C)(C)C)S(C)(=O)=O.CO/C(=C\[C@H](CC(=O)OC(C)(C)C)NC(=O)OC(C)(C)C)S(C)(=O)=O.Cc1ccc(S(=O)(=O)O)cc1.Cc1ccc(S(=O)(=O)[O-])cc1.OO.OO. The topological polar surface area (TPSA) is 679 Å². The van der Waals surface area contributed by atoms with E-state index in [2.05, 4.69) is 21.1 Å². The first-order chi connectivity index (χ1) is 59.3. The highest BCUT2D eigenvalue weighted by Gasteiger charge is 2.43. The minimum absolute atomic E-state index is 0.000347. The van der Waals surface area contributed by atoms with E-state index in [1.807, 2.05) is 34.0 Å². The van der Waals surface area contributed by atoms with Gasteiger partial charge in [-0.2, -0.15) is 20.2 Å². The predicted octanol–water partition coefficient (Wildman–Crippen LogP) is 12.2. The van der Waals surface area contributed by atoms with Crippen LogP contribution in [0.25, 0.3) is 0 Å². The lowest BCUT2D eigenvalue weighted by Gasteiger charge is -2.24. The number of sulfone groups is 3. The zero-order valence-electron chi connectivity index (χ0n) is 81.3. The second-order valence-electron chi connectivity index (χ2n) is 30.7. The van der Waals surface area contributed by atoms with Crippen molar-refractivity contribution in [2.45, 2.75) is 252 Å². The second kappa shape index (κ2) is 71.0. The average Bonchev–Trinajstić information content (AvgIpc) is 0.809. The zero-order chi connectivity index (χ0) is 106. The van der Waals surface area contributed by atoms with Crippen molar-refractivity contribution in [3.63, 3.8) is 0 Å². The molecule has 0 aliphatic rings. The van der Waals surface area contributed by atoms with Crippen molar-refractivity contribution in [1.29, 1.82) is 0 Å². The first kappa shape index (κ1) is 143. The maximum atomic E-state index is 12.0. The molecule has 0 bridgehead atoms. The van der Waals surface area contributed by atoms with E-state index in [1.54, 1.807) is 162 Å². The van der Waals surface area contributed by atoms with Crippen molar-refractivity contribution in [1.82, 2.24) is 10.6 Å². The van der Waals surface area contributed by atoms with Gasteiger partial charge in [0.2, 0.25) is 35.0 Å². The van der Waals surface area contributed by atoms with E-state index < -0.39 is 165 Å². The van der Waals surface area contributed by atoms with E-state index in [9.17, 15) is 84.3 Å². The van der Waals surface area contributed by atoms with Gasteiger partial charge in [0.1, 0.15) is 50.6 Å². The number of rotatable bonds is 37. The molecule has 0 aromatic heterocycles. The number of thioether (sulfide) groups is 2. The molecule has 776 valence electrons. The van der Waals surface area contributed by atoms with Gasteiger partial charge >= 0.3 is 52.9 Å². The van der Waals surface area contributed by atoms with Crippen LogP contribution < -0.4 is 16.4 Å². The molecular weight excluding hydrogens is 1940 g/mol. The van der Waals surface area contributed by atoms with Gasteiger partial charge in [-0.15, -0.1) is 11.8 Å². The summed E-state index contributed by atoms with van der Waals surface area (Å²) in [6.07, 6.45) is 7.20. The van der Waals surface area contributed by atoms with Crippen LogP contribution in [0.2, 0.25) is 0 Å². The lowest BCUT2D eigenvalue weighted by molar-refractivity contribution is -0.402. The first-order valence-corrected chi connectivity index (χ1v) is 55.1. The highest BCUT2D eigenvalue weighted by Crippen LogP contribution is 2.57. The molecule has 0 fully saturated rings. The van der Waals surface area contributed by atoms with E-state index in [4.69, 9.17) is 106 Å². The Hall–Kier alpha value is -5.56. The number of aryl methyl sites for hydroxylation is 2. The predicted molar refractivity (Wildman–Crippen MR) is 496 cm³/mol. The van der Waals surface area contributed by atoms with Crippen LogP contribution in [0.3, 0.4) is 0 Å². The lowest BCUT2D eigenvalue weighted by atomic mass is 10.1. The molecule has 5 atom stereocenters. The highest BCUT2D eigenvalue weighted by atomic mass is 32.2. The number of aliphatic hydroxyl groups excluding tert-OH is 1. The number of carboxylic acids is 1. The smallest absolute Gasteiger partial charge is 0.408 e. The molecule has 0 heterocycles. The fourth-order valence-corrected chi connectivity index (χ4v) is 20.0. The summed E-state index contributed by atoms with van der Waals surface area (Å²) in [6, 6.07) is 9.55. The fourth-order valence-electron chi connectivity index (χ4n) is 8.10. The van der Waals surface area contributed by atoms with E-state index in [-0.39, 0.29) is 59.1 Å². The zero-order valence-corrected chi connectivity index (χ0v) is 89.7. The van der Waals surface area contributed by atoms with Gasteiger partial charge in [-0.3, -0.25) is 58.5 Å². The minimum atomic E-state index is -4.27. The van der Waals surface area contributed by atoms with Crippen LogP contribution in [-0.2, 0) is 152 Å². The van der Waals surface area contributed by atoms with Crippen molar-refractivity contribution in [2.75, 3.05) is 111 Å². The van der Waals surface area contributed by atoms with Crippen molar-refractivity contribution in [2.24, 2.45) is 0 Å². The number of alkyl carbamates (subject to hydrolysis) is 2. The molecule has 0 radical (unpaired) electrons. The molecule has 2 unspecified atom stereocenters. The largest absolute Gasteiger partial charge is 0.744 e. The third-order valence-corrected chi connectivity index (χ3v) is 28.4. The van der Waals surface area contributed by atoms with Crippen molar-refractivity contribution in [3.05, 3.63) is 82.0 Å². The number of methoxy groups -OCH3 is 4. The molecule has 0 aliphatic carbocycles. The summed E-state index contributed by atoms with van der Waals surface area (Å²) in [4.78, 5) is 67.3. The third kappa shape index (κ3) is 83.5. The molecule has 2 rings (SSSR count). The van der Waals surface area contributed by atoms with Crippen molar-refractivity contribution in [3.8, 4) is 0 Å². The number of hydrogen-bond acceptors (Lipinski definition) is 42. The van der Waals surface area contributed by atoms with Gasteiger partial charge in [0.05, 0.1) is 101 Å². The van der Waals surface area contributed by atoms with E-state index >= 15 is 0 Å². The number of nitrogens with one attached hydrogen (secondary N) is 2. The van der Waals surface area contributed by atoms with Gasteiger partial charge < -0.3 is 101 Å². The molecule has 2 amide bonds. The molecule has 0 aliphatic heterocycles. The fraction of sp³-hybridized carbons (Fsp3) is 0.711. The first-order valence-electron chi connectivity index (χ1n) is 38.9. The summed E-state index contributed by atoms with van der Waals surface area (Å²) in [7, 11) is -23.6. The van der Waals surface area contributed by atoms with Gasteiger partial charge in [-0.25, -0.2) is 43.3 Å². The molecular formula is C76H148N3O42P3S7. The lowest BCUT2D eigenvalue weighted by Crippen LogP contribution is -2.61. The Labute approximate surface area is 783 Å². The van der Waals surface area contributed by atoms with Crippen molar-refractivity contribution < 1.29 is 200 Å². The van der Waals surface area contributed by atoms with Crippen LogP contribution in [0.15, 0.2) is 80.7 Å². The van der Waals surface area contributed by atoms with Crippen LogP contribution in [0.4, 0.5) is 9.59 Å². The Bertz CT molecular complexity index is 4170.